The van der Waals surface area contributed by atoms with Crippen molar-refractivity contribution in [3.05, 3.63) is 88.0 Å². The zero-order chi connectivity index (χ0) is 19.6. The number of rotatable bonds is 5. The van der Waals surface area contributed by atoms with Gasteiger partial charge in [-0.05, 0) is 40.2 Å². The molecule has 0 aromatic heterocycles. The van der Waals surface area contributed by atoms with Crippen molar-refractivity contribution in [2.45, 2.75) is 39.0 Å². The van der Waals surface area contributed by atoms with Crippen LogP contribution in [0.4, 0.5) is 0 Å². The summed E-state index contributed by atoms with van der Waals surface area (Å²) in [4.78, 5) is 24.3. The van der Waals surface area contributed by atoms with Crippen LogP contribution in [0.25, 0.3) is 6.08 Å². The third kappa shape index (κ3) is 4.43. The Morgan fingerprint density at radius 3 is 2.30 bits per heavy atom. The molecule has 1 N–H and O–H groups in total. The molecule has 0 bridgehead atoms. The zero-order valence-electron chi connectivity index (χ0n) is 16.0. The molecule has 0 amide bonds. The molecule has 0 spiro atoms. The first-order chi connectivity index (χ1) is 12.7. The van der Waals surface area contributed by atoms with Crippen molar-refractivity contribution in [2.24, 2.45) is 0 Å². The van der Waals surface area contributed by atoms with Crippen LogP contribution in [0.2, 0.25) is 0 Å². The van der Waals surface area contributed by atoms with Gasteiger partial charge in [0, 0.05) is 17.6 Å². The van der Waals surface area contributed by atoms with Crippen LogP contribution in [0, 0.1) is 0 Å². The molecule has 1 aliphatic carbocycles. The van der Waals surface area contributed by atoms with Crippen LogP contribution < -0.4 is 0 Å². The van der Waals surface area contributed by atoms with Crippen molar-refractivity contribution in [1.29, 1.82) is 0 Å². The molecule has 0 atom stereocenters. The maximum atomic E-state index is 12.6. The molecule has 138 valence electrons. The fourth-order valence-electron chi connectivity index (χ4n) is 3.24. The second-order valence-corrected chi connectivity index (χ2v) is 8.00. The number of allylic oxidation sites excluding steroid dienone is 2. The van der Waals surface area contributed by atoms with Crippen LogP contribution in [-0.4, -0.2) is 16.9 Å². The minimum absolute atomic E-state index is 0.0116. The summed E-state index contributed by atoms with van der Waals surface area (Å²) < 4.78 is 0. The predicted octanol–water partition coefficient (Wildman–Crippen LogP) is 5.21. The van der Waals surface area contributed by atoms with Crippen LogP contribution in [0.1, 0.15) is 54.2 Å². The summed E-state index contributed by atoms with van der Waals surface area (Å²) in [5, 5.41) is 9.55. The first-order valence-electron chi connectivity index (χ1n) is 9.10. The lowest BCUT2D eigenvalue weighted by Crippen LogP contribution is -2.12. The highest BCUT2D eigenvalue weighted by Crippen LogP contribution is 2.27. The maximum absolute atomic E-state index is 12.6. The van der Waals surface area contributed by atoms with E-state index in [1.54, 1.807) is 18.2 Å². The van der Waals surface area contributed by atoms with Gasteiger partial charge in [-0.15, -0.1) is 0 Å². The highest BCUT2D eigenvalue weighted by molar-refractivity contribution is 6.03. The molecule has 3 nitrogen and oxygen atoms in total. The largest absolute Gasteiger partial charge is 0.478 e. The molecular weight excluding hydrogens is 336 g/mol. The Bertz CT molecular complexity index is 938. The number of carbonyl (C=O) groups is 2. The molecular formula is C24H24O3. The minimum Gasteiger partial charge on any atom is -0.478 e. The standard InChI is InChI=1S/C24H24O3/c1-24(2,3)21-10-8-17(9-11-21)22(25)15-20(23(26)27)14-16-12-18-6-4-5-7-19(18)13-16/h4-12,14H,13,15H2,1-3H3,(H,26,27). The number of benzene rings is 2. The van der Waals surface area contributed by atoms with E-state index >= 15 is 0 Å². The van der Waals surface area contributed by atoms with Crippen LogP contribution in [0.3, 0.4) is 0 Å². The average Bonchev–Trinajstić information content (AvgIpc) is 3.02. The van der Waals surface area contributed by atoms with Crippen LogP contribution in [0.5, 0.6) is 0 Å². The van der Waals surface area contributed by atoms with Gasteiger partial charge in [0.2, 0.25) is 0 Å². The van der Waals surface area contributed by atoms with Gasteiger partial charge in [0.05, 0.1) is 0 Å². The number of hydrogen-bond donors (Lipinski definition) is 1. The molecule has 0 unspecified atom stereocenters. The van der Waals surface area contributed by atoms with Gasteiger partial charge in [0.15, 0.2) is 5.78 Å². The molecule has 27 heavy (non-hydrogen) atoms. The summed E-state index contributed by atoms with van der Waals surface area (Å²) >= 11 is 0. The summed E-state index contributed by atoms with van der Waals surface area (Å²) in [5.41, 5.74) is 5.02. The molecule has 0 saturated heterocycles. The van der Waals surface area contributed by atoms with E-state index in [1.807, 2.05) is 42.5 Å². The van der Waals surface area contributed by atoms with Crippen LogP contribution >= 0.6 is 0 Å². The molecule has 0 heterocycles. The van der Waals surface area contributed by atoms with Crippen molar-refractivity contribution >= 4 is 17.8 Å². The van der Waals surface area contributed by atoms with Crippen molar-refractivity contribution in [3.63, 3.8) is 0 Å². The van der Waals surface area contributed by atoms with E-state index in [0.717, 1.165) is 16.7 Å². The number of fused-ring (bicyclic) bond motifs is 1. The highest BCUT2D eigenvalue weighted by Gasteiger charge is 2.19. The van der Waals surface area contributed by atoms with E-state index in [1.165, 1.54) is 5.56 Å². The molecule has 3 heteroatoms. The normalized spacial score (nSPS) is 13.9. The van der Waals surface area contributed by atoms with E-state index in [4.69, 9.17) is 0 Å². The minimum atomic E-state index is -1.05. The Labute approximate surface area is 160 Å². The van der Waals surface area contributed by atoms with E-state index in [-0.39, 0.29) is 23.2 Å². The average molecular weight is 360 g/mol. The number of aliphatic carboxylic acids is 1. The quantitative estimate of drug-likeness (QED) is 0.588. The lowest BCUT2D eigenvalue weighted by Gasteiger charge is -2.19. The van der Waals surface area contributed by atoms with E-state index in [0.29, 0.717) is 12.0 Å². The third-order valence-electron chi connectivity index (χ3n) is 4.85. The number of ketones is 1. The molecule has 0 aliphatic heterocycles. The van der Waals surface area contributed by atoms with Crippen LogP contribution in [-0.2, 0) is 16.6 Å². The second kappa shape index (κ2) is 7.36. The van der Waals surface area contributed by atoms with E-state index in [9.17, 15) is 14.7 Å². The number of carboxylic acids is 1. The van der Waals surface area contributed by atoms with Gasteiger partial charge in [-0.1, -0.05) is 75.4 Å². The lowest BCUT2D eigenvalue weighted by atomic mass is 9.86. The summed E-state index contributed by atoms with van der Waals surface area (Å²) in [6.07, 6.45) is 4.21. The second-order valence-electron chi connectivity index (χ2n) is 8.00. The smallest absolute Gasteiger partial charge is 0.332 e. The summed E-state index contributed by atoms with van der Waals surface area (Å²) in [7, 11) is 0. The topological polar surface area (TPSA) is 54.4 Å². The molecule has 1 aliphatic rings. The summed E-state index contributed by atoms with van der Waals surface area (Å²) in [5.74, 6) is -1.23. The lowest BCUT2D eigenvalue weighted by molar-refractivity contribution is -0.132. The Hall–Kier alpha value is -2.94. The maximum Gasteiger partial charge on any atom is 0.332 e. The SMILES string of the molecule is CC(C)(C)c1ccc(C(=O)CC(=CC2=Cc3ccccc3C2)C(=O)O)cc1. The number of hydrogen-bond acceptors (Lipinski definition) is 2. The van der Waals surface area contributed by atoms with Gasteiger partial charge in [-0.3, -0.25) is 4.79 Å². The molecule has 3 rings (SSSR count). The molecule has 2 aromatic rings. The zero-order valence-corrected chi connectivity index (χ0v) is 16.0. The Morgan fingerprint density at radius 2 is 1.70 bits per heavy atom. The van der Waals surface area contributed by atoms with E-state index in [2.05, 4.69) is 20.8 Å². The molecule has 0 fully saturated rings. The van der Waals surface area contributed by atoms with Crippen LogP contribution in [0.15, 0.2) is 65.8 Å². The van der Waals surface area contributed by atoms with Gasteiger partial charge in [-0.2, -0.15) is 0 Å². The Balaban J connectivity index is 1.77. The Morgan fingerprint density at radius 1 is 1.04 bits per heavy atom. The van der Waals surface area contributed by atoms with Crippen molar-refractivity contribution < 1.29 is 14.7 Å². The third-order valence-corrected chi connectivity index (χ3v) is 4.85. The van der Waals surface area contributed by atoms with E-state index < -0.39 is 5.97 Å². The molecule has 0 saturated carbocycles. The molecule has 2 aromatic carbocycles. The monoisotopic (exact) mass is 360 g/mol. The fourth-order valence-corrected chi connectivity index (χ4v) is 3.24. The number of carbonyl (C=O) groups excluding carboxylic acids is 1. The number of carboxylic acid groups (broad SMARTS) is 1. The van der Waals surface area contributed by atoms with Gasteiger partial charge < -0.3 is 5.11 Å². The van der Waals surface area contributed by atoms with Crippen molar-refractivity contribution in [2.75, 3.05) is 0 Å². The number of Topliss-reactive ketones (excluding diaryl/α,β-unsaturated/α-hetero) is 1. The summed E-state index contributed by atoms with van der Waals surface area (Å²) in [6.45, 7) is 6.34. The Kier molecular flexibility index (Phi) is 5.13. The van der Waals surface area contributed by atoms with Gasteiger partial charge in [-0.25, -0.2) is 4.79 Å². The predicted molar refractivity (Wildman–Crippen MR) is 108 cm³/mol. The van der Waals surface area contributed by atoms with Gasteiger partial charge in [0.1, 0.15) is 0 Å². The van der Waals surface area contributed by atoms with Gasteiger partial charge in [0.25, 0.3) is 0 Å². The first-order valence-corrected chi connectivity index (χ1v) is 9.10. The van der Waals surface area contributed by atoms with Crippen molar-refractivity contribution in [1.82, 2.24) is 0 Å². The molecule has 0 radical (unpaired) electrons. The fraction of sp³-hybridized carbons (Fsp3) is 0.250. The van der Waals surface area contributed by atoms with Crippen molar-refractivity contribution in [3.8, 4) is 0 Å². The summed E-state index contributed by atoms with van der Waals surface area (Å²) in [6, 6.07) is 15.4. The van der Waals surface area contributed by atoms with Gasteiger partial charge >= 0.3 is 5.97 Å². The first kappa shape index (κ1) is 18.8. The highest BCUT2D eigenvalue weighted by atomic mass is 16.4.